The van der Waals surface area contributed by atoms with Crippen molar-refractivity contribution in [2.45, 2.75) is 26.2 Å². The summed E-state index contributed by atoms with van der Waals surface area (Å²) < 4.78 is 0. The molecule has 64 valence electrons. The molecule has 1 aliphatic rings. The summed E-state index contributed by atoms with van der Waals surface area (Å²) in [7, 11) is 0. The average molecular weight is 156 g/mol. The number of nitrogens with one attached hydrogen (secondary N) is 1. The fraction of sp³-hybridized carbons (Fsp3) is 0.875. The van der Waals surface area contributed by atoms with Crippen LogP contribution < -0.4 is 11.1 Å². The lowest BCUT2D eigenvalue weighted by Gasteiger charge is -2.33. The smallest absolute Gasteiger partial charge is 0.224 e. The standard InChI is InChI=1S/C8H16N2O/c1-2-8(7(9)11)4-3-5-10-6-8/h10H,2-6H2,1H3,(H2,9,11)/t8-/m0/s1. The zero-order valence-electron chi connectivity index (χ0n) is 7.02. The molecule has 1 saturated heterocycles. The van der Waals surface area contributed by atoms with Crippen molar-refractivity contribution in [3.63, 3.8) is 0 Å². The first-order chi connectivity index (χ1) is 5.21. The van der Waals surface area contributed by atoms with Crippen molar-refractivity contribution in [2.75, 3.05) is 13.1 Å². The van der Waals surface area contributed by atoms with Crippen LogP contribution in [0.4, 0.5) is 0 Å². The van der Waals surface area contributed by atoms with Crippen molar-refractivity contribution in [2.24, 2.45) is 11.1 Å². The summed E-state index contributed by atoms with van der Waals surface area (Å²) in [4.78, 5) is 11.1. The first kappa shape index (κ1) is 8.53. The van der Waals surface area contributed by atoms with Crippen LogP contribution >= 0.6 is 0 Å². The number of amides is 1. The number of piperidine rings is 1. The third kappa shape index (κ3) is 1.53. The zero-order valence-corrected chi connectivity index (χ0v) is 7.02. The highest BCUT2D eigenvalue weighted by Crippen LogP contribution is 2.29. The molecule has 0 aromatic rings. The molecular formula is C8H16N2O. The molecule has 3 N–H and O–H groups in total. The Balaban J connectivity index is 2.64. The second kappa shape index (κ2) is 3.22. The van der Waals surface area contributed by atoms with Gasteiger partial charge in [0, 0.05) is 6.54 Å². The lowest BCUT2D eigenvalue weighted by Crippen LogP contribution is -2.48. The Morgan fingerprint density at radius 1 is 1.73 bits per heavy atom. The summed E-state index contributed by atoms with van der Waals surface area (Å²) in [6, 6.07) is 0. The predicted octanol–water partition coefficient (Wildman–Crippen LogP) is 0.252. The Bertz CT molecular complexity index is 150. The Hall–Kier alpha value is -0.570. The minimum absolute atomic E-state index is 0.146. The van der Waals surface area contributed by atoms with Gasteiger partial charge >= 0.3 is 0 Å². The second-order valence-electron chi connectivity index (χ2n) is 3.28. The highest BCUT2D eigenvalue weighted by atomic mass is 16.1. The third-order valence-corrected chi connectivity index (χ3v) is 2.67. The predicted molar refractivity (Wildman–Crippen MR) is 44.0 cm³/mol. The van der Waals surface area contributed by atoms with Gasteiger partial charge in [-0.3, -0.25) is 4.79 Å². The molecule has 1 fully saturated rings. The van der Waals surface area contributed by atoms with Crippen molar-refractivity contribution >= 4 is 5.91 Å². The van der Waals surface area contributed by atoms with E-state index in [1.54, 1.807) is 0 Å². The largest absolute Gasteiger partial charge is 0.369 e. The van der Waals surface area contributed by atoms with Crippen LogP contribution in [-0.4, -0.2) is 19.0 Å². The van der Waals surface area contributed by atoms with Crippen LogP contribution in [-0.2, 0) is 4.79 Å². The molecule has 0 saturated carbocycles. The summed E-state index contributed by atoms with van der Waals surface area (Å²) in [5.74, 6) is -0.146. The van der Waals surface area contributed by atoms with Crippen LogP contribution in [0.3, 0.4) is 0 Å². The first-order valence-electron chi connectivity index (χ1n) is 4.22. The summed E-state index contributed by atoms with van der Waals surface area (Å²) in [6.07, 6.45) is 2.87. The van der Waals surface area contributed by atoms with E-state index in [4.69, 9.17) is 5.73 Å². The molecule has 0 aromatic carbocycles. The van der Waals surface area contributed by atoms with Gasteiger partial charge in [-0.2, -0.15) is 0 Å². The Morgan fingerprint density at radius 3 is 2.73 bits per heavy atom. The molecule has 0 bridgehead atoms. The van der Waals surface area contributed by atoms with Gasteiger partial charge < -0.3 is 11.1 Å². The summed E-state index contributed by atoms with van der Waals surface area (Å²) in [6.45, 7) is 3.81. The van der Waals surface area contributed by atoms with Crippen LogP contribution in [0.5, 0.6) is 0 Å². The van der Waals surface area contributed by atoms with Crippen LogP contribution in [0, 0.1) is 5.41 Å². The van der Waals surface area contributed by atoms with E-state index in [-0.39, 0.29) is 11.3 Å². The van der Waals surface area contributed by atoms with E-state index in [9.17, 15) is 4.79 Å². The maximum atomic E-state index is 11.1. The zero-order chi connectivity index (χ0) is 8.32. The van der Waals surface area contributed by atoms with Crippen LogP contribution in [0.25, 0.3) is 0 Å². The fourth-order valence-corrected chi connectivity index (χ4v) is 1.65. The van der Waals surface area contributed by atoms with Crippen molar-refractivity contribution in [3.05, 3.63) is 0 Å². The first-order valence-corrected chi connectivity index (χ1v) is 4.22. The van der Waals surface area contributed by atoms with Gasteiger partial charge in [0.1, 0.15) is 0 Å². The second-order valence-corrected chi connectivity index (χ2v) is 3.28. The van der Waals surface area contributed by atoms with Gasteiger partial charge in [-0.15, -0.1) is 0 Å². The van der Waals surface area contributed by atoms with E-state index in [1.165, 1.54) is 0 Å². The molecular weight excluding hydrogens is 140 g/mol. The topological polar surface area (TPSA) is 55.1 Å². The molecule has 1 heterocycles. The van der Waals surface area contributed by atoms with E-state index in [0.29, 0.717) is 0 Å². The van der Waals surface area contributed by atoms with Crippen molar-refractivity contribution in [1.29, 1.82) is 0 Å². The maximum absolute atomic E-state index is 11.1. The molecule has 1 atom stereocenters. The molecule has 1 rings (SSSR count). The van der Waals surface area contributed by atoms with Crippen molar-refractivity contribution in [3.8, 4) is 0 Å². The van der Waals surface area contributed by atoms with Gasteiger partial charge in [0.25, 0.3) is 0 Å². The Labute approximate surface area is 67.3 Å². The quantitative estimate of drug-likeness (QED) is 0.602. The molecule has 1 aliphatic heterocycles. The Morgan fingerprint density at radius 2 is 2.45 bits per heavy atom. The molecule has 0 spiro atoms. The number of hydrogen-bond donors (Lipinski definition) is 2. The number of hydrogen-bond acceptors (Lipinski definition) is 2. The monoisotopic (exact) mass is 156 g/mol. The van der Waals surface area contributed by atoms with E-state index >= 15 is 0 Å². The Kier molecular flexibility index (Phi) is 2.49. The number of carbonyl (C=O) groups excluding carboxylic acids is 1. The molecule has 3 nitrogen and oxygen atoms in total. The third-order valence-electron chi connectivity index (χ3n) is 2.67. The van der Waals surface area contributed by atoms with Gasteiger partial charge in [-0.25, -0.2) is 0 Å². The van der Waals surface area contributed by atoms with Gasteiger partial charge in [-0.1, -0.05) is 6.92 Å². The lowest BCUT2D eigenvalue weighted by molar-refractivity contribution is -0.128. The maximum Gasteiger partial charge on any atom is 0.224 e. The van der Waals surface area contributed by atoms with Crippen molar-refractivity contribution < 1.29 is 4.79 Å². The molecule has 3 heteroatoms. The highest BCUT2D eigenvalue weighted by molar-refractivity contribution is 5.81. The summed E-state index contributed by atoms with van der Waals surface area (Å²) in [5.41, 5.74) is 5.08. The van der Waals surface area contributed by atoms with Gasteiger partial charge in [0.05, 0.1) is 5.41 Å². The van der Waals surface area contributed by atoms with Gasteiger partial charge in [0.2, 0.25) is 5.91 Å². The molecule has 0 aromatic heterocycles. The number of primary amides is 1. The summed E-state index contributed by atoms with van der Waals surface area (Å²) >= 11 is 0. The molecule has 0 radical (unpaired) electrons. The highest BCUT2D eigenvalue weighted by Gasteiger charge is 2.35. The molecule has 0 unspecified atom stereocenters. The van der Waals surface area contributed by atoms with Crippen LogP contribution in [0.1, 0.15) is 26.2 Å². The average Bonchev–Trinajstić information content (AvgIpc) is 2.05. The van der Waals surface area contributed by atoms with Crippen LogP contribution in [0.2, 0.25) is 0 Å². The van der Waals surface area contributed by atoms with Gasteiger partial charge in [0.15, 0.2) is 0 Å². The van der Waals surface area contributed by atoms with E-state index in [2.05, 4.69) is 5.32 Å². The van der Waals surface area contributed by atoms with Crippen LogP contribution in [0.15, 0.2) is 0 Å². The number of carbonyl (C=O) groups is 1. The fourth-order valence-electron chi connectivity index (χ4n) is 1.65. The molecule has 0 aliphatic carbocycles. The van der Waals surface area contributed by atoms with E-state index in [0.717, 1.165) is 32.4 Å². The van der Waals surface area contributed by atoms with Gasteiger partial charge in [-0.05, 0) is 25.8 Å². The number of nitrogens with two attached hydrogens (primary N) is 1. The minimum Gasteiger partial charge on any atom is -0.369 e. The van der Waals surface area contributed by atoms with E-state index in [1.807, 2.05) is 6.92 Å². The van der Waals surface area contributed by atoms with E-state index < -0.39 is 0 Å². The normalized spacial score (nSPS) is 31.7. The lowest BCUT2D eigenvalue weighted by atomic mass is 9.78. The molecule has 11 heavy (non-hydrogen) atoms. The SMILES string of the molecule is CC[C@]1(C(N)=O)CCCNC1. The summed E-state index contributed by atoms with van der Waals surface area (Å²) in [5, 5.41) is 3.21. The minimum atomic E-state index is -0.252. The van der Waals surface area contributed by atoms with Crippen molar-refractivity contribution in [1.82, 2.24) is 5.32 Å². The molecule has 1 amide bonds. The number of rotatable bonds is 2.